The van der Waals surface area contributed by atoms with E-state index in [9.17, 15) is 0 Å². The molecule has 0 fully saturated rings. The number of benzene rings is 10. The highest BCUT2D eigenvalue weighted by atomic mass is 16.3. The van der Waals surface area contributed by atoms with Crippen molar-refractivity contribution in [2.45, 2.75) is 0 Å². The van der Waals surface area contributed by atoms with Crippen LogP contribution >= 0.6 is 0 Å². The van der Waals surface area contributed by atoms with Crippen molar-refractivity contribution >= 4 is 60.5 Å². The quantitative estimate of drug-likeness (QED) is 0.162. The van der Waals surface area contributed by atoms with Crippen LogP contribution in [0.1, 0.15) is 0 Å². The first-order valence-electron chi connectivity index (χ1n) is 19.8. The summed E-state index contributed by atoms with van der Waals surface area (Å²) in [5, 5.41) is 7.25. The number of hydrogen-bond donors (Lipinski definition) is 0. The van der Waals surface area contributed by atoms with Gasteiger partial charge in [0.1, 0.15) is 11.2 Å². The lowest BCUT2D eigenvalue weighted by Gasteiger charge is -2.27. The summed E-state index contributed by atoms with van der Waals surface area (Å²) in [4.78, 5) is 2.37. The van der Waals surface area contributed by atoms with E-state index in [2.05, 4.69) is 217 Å². The van der Waals surface area contributed by atoms with Gasteiger partial charge >= 0.3 is 0 Å². The molecule has 0 saturated heterocycles. The zero-order chi connectivity index (χ0) is 38.4. The van der Waals surface area contributed by atoms with Crippen molar-refractivity contribution < 1.29 is 4.42 Å². The first kappa shape index (κ1) is 33.6. The number of anilines is 3. The van der Waals surface area contributed by atoms with E-state index in [1.54, 1.807) is 0 Å². The summed E-state index contributed by atoms with van der Waals surface area (Å²) >= 11 is 0. The SMILES string of the molecule is c1cc(-c2cccc3ccccc23)cc(N(c2ccc(-c3ccc(-c4ccc5ccccc5c4)cc3)cc2)c2cccc(-c3cccc4oc5ccccc5c34)c2)c1. The highest BCUT2D eigenvalue weighted by molar-refractivity contribution is 6.12. The normalized spacial score (nSPS) is 11.4. The lowest BCUT2D eigenvalue weighted by molar-refractivity contribution is 0.669. The molecule has 0 aliphatic rings. The minimum Gasteiger partial charge on any atom is -0.456 e. The Morgan fingerprint density at radius 3 is 1.55 bits per heavy atom. The molecule has 0 atom stereocenters. The Labute approximate surface area is 337 Å². The van der Waals surface area contributed by atoms with Gasteiger partial charge in [-0.05, 0) is 121 Å². The van der Waals surface area contributed by atoms with Crippen LogP contribution < -0.4 is 4.90 Å². The highest BCUT2D eigenvalue weighted by Gasteiger charge is 2.18. The summed E-state index contributed by atoms with van der Waals surface area (Å²) in [7, 11) is 0. The van der Waals surface area contributed by atoms with Crippen LogP contribution in [0.25, 0.3) is 88.0 Å². The van der Waals surface area contributed by atoms with E-state index in [-0.39, 0.29) is 0 Å². The molecule has 1 aromatic heterocycles. The van der Waals surface area contributed by atoms with Crippen molar-refractivity contribution in [3.63, 3.8) is 0 Å². The summed E-state index contributed by atoms with van der Waals surface area (Å²) in [5.41, 5.74) is 14.5. The first-order valence-corrected chi connectivity index (χ1v) is 19.8. The van der Waals surface area contributed by atoms with Gasteiger partial charge in [0, 0.05) is 27.8 Å². The van der Waals surface area contributed by atoms with Gasteiger partial charge in [-0.2, -0.15) is 0 Å². The van der Waals surface area contributed by atoms with Gasteiger partial charge < -0.3 is 9.32 Å². The van der Waals surface area contributed by atoms with Crippen molar-refractivity contribution in [1.82, 2.24) is 0 Å². The maximum Gasteiger partial charge on any atom is 0.136 e. The molecule has 0 aliphatic heterocycles. The maximum atomic E-state index is 6.30. The molecule has 0 spiro atoms. The summed E-state index contributed by atoms with van der Waals surface area (Å²) < 4.78 is 6.30. The molecule has 0 amide bonds. The van der Waals surface area contributed by atoms with E-state index in [1.165, 1.54) is 54.9 Å². The molecule has 2 heteroatoms. The van der Waals surface area contributed by atoms with E-state index < -0.39 is 0 Å². The zero-order valence-corrected chi connectivity index (χ0v) is 31.7. The molecule has 0 saturated carbocycles. The molecule has 0 aliphatic carbocycles. The number of para-hydroxylation sites is 1. The molecule has 0 unspecified atom stereocenters. The predicted molar refractivity (Wildman–Crippen MR) is 245 cm³/mol. The smallest absolute Gasteiger partial charge is 0.136 e. The van der Waals surface area contributed by atoms with Crippen LogP contribution in [0.15, 0.2) is 229 Å². The summed E-state index contributed by atoms with van der Waals surface area (Å²) in [6, 6.07) is 80.8. The van der Waals surface area contributed by atoms with Gasteiger partial charge in [0.15, 0.2) is 0 Å². The maximum absolute atomic E-state index is 6.30. The van der Waals surface area contributed by atoms with Gasteiger partial charge in [0.2, 0.25) is 0 Å². The lowest BCUT2D eigenvalue weighted by Crippen LogP contribution is -2.10. The van der Waals surface area contributed by atoms with E-state index in [1.807, 2.05) is 12.1 Å². The molecule has 0 bridgehead atoms. The van der Waals surface area contributed by atoms with E-state index >= 15 is 0 Å². The molecule has 11 rings (SSSR count). The Hall–Kier alpha value is -7.68. The Bertz CT molecular complexity index is 3280. The zero-order valence-electron chi connectivity index (χ0n) is 31.7. The third-order valence-electron chi connectivity index (χ3n) is 11.4. The standard InChI is InChI=1S/C56H37NO/c1-2-13-43-35-44(30-29-38(43)11-1)41-27-25-39(26-28-41)40-31-33-47(34-32-40)57(48-17-7-15-45(36-48)51-21-9-14-42-12-3-4-19-50(42)51)49-18-8-16-46(37-49)52-22-10-24-55-56(52)53-20-5-6-23-54(53)58-55/h1-37H. The van der Waals surface area contributed by atoms with Crippen molar-refractivity contribution in [3.05, 3.63) is 224 Å². The first-order chi connectivity index (χ1) is 28.7. The molecule has 0 radical (unpaired) electrons. The Morgan fingerprint density at radius 1 is 0.276 bits per heavy atom. The molecule has 272 valence electrons. The van der Waals surface area contributed by atoms with Gasteiger partial charge in [-0.25, -0.2) is 0 Å². The molecular weight excluding hydrogens is 703 g/mol. The second kappa shape index (κ2) is 14.1. The minimum absolute atomic E-state index is 0.893. The fraction of sp³-hybridized carbons (Fsp3) is 0. The van der Waals surface area contributed by atoms with Gasteiger partial charge in [-0.15, -0.1) is 0 Å². The van der Waals surface area contributed by atoms with Crippen LogP contribution in [0.3, 0.4) is 0 Å². The average Bonchev–Trinajstić information content (AvgIpc) is 3.68. The molecule has 2 nitrogen and oxygen atoms in total. The minimum atomic E-state index is 0.893. The topological polar surface area (TPSA) is 16.4 Å². The van der Waals surface area contributed by atoms with Crippen molar-refractivity contribution in [2.75, 3.05) is 4.90 Å². The van der Waals surface area contributed by atoms with Crippen LogP contribution in [-0.2, 0) is 0 Å². The number of rotatable bonds is 7. The largest absolute Gasteiger partial charge is 0.456 e. The van der Waals surface area contributed by atoms with Crippen molar-refractivity contribution in [3.8, 4) is 44.5 Å². The van der Waals surface area contributed by atoms with E-state index in [4.69, 9.17) is 4.42 Å². The van der Waals surface area contributed by atoms with Crippen molar-refractivity contribution in [2.24, 2.45) is 0 Å². The number of furan rings is 1. The summed E-state index contributed by atoms with van der Waals surface area (Å²) in [5.74, 6) is 0. The highest BCUT2D eigenvalue weighted by Crippen LogP contribution is 2.42. The van der Waals surface area contributed by atoms with Gasteiger partial charge in [-0.1, -0.05) is 170 Å². The van der Waals surface area contributed by atoms with Crippen LogP contribution in [0.4, 0.5) is 17.1 Å². The van der Waals surface area contributed by atoms with Gasteiger partial charge in [-0.3, -0.25) is 0 Å². The fourth-order valence-electron chi connectivity index (χ4n) is 8.59. The van der Waals surface area contributed by atoms with Crippen LogP contribution in [0.5, 0.6) is 0 Å². The van der Waals surface area contributed by atoms with Crippen molar-refractivity contribution in [1.29, 1.82) is 0 Å². The third-order valence-corrected chi connectivity index (χ3v) is 11.4. The molecule has 11 aromatic rings. The van der Waals surface area contributed by atoms with Crippen LogP contribution in [-0.4, -0.2) is 0 Å². The predicted octanol–water partition coefficient (Wildman–Crippen LogP) is 16.0. The van der Waals surface area contributed by atoms with Gasteiger partial charge in [0.05, 0.1) is 0 Å². The number of fused-ring (bicyclic) bond motifs is 5. The average molecular weight is 740 g/mol. The second-order valence-corrected chi connectivity index (χ2v) is 14.9. The number of nitrogens with zero attached hydrogens (tertiary/aromatic N) is 1. The molecular formula is C56H37NO. The Kier molecular flexibility index (Phi) is 8.19. The Balaban J connectivity index is 1.00. The Morgan fingerprint density at radius 2 is 0.793 bits per heavy atom. The fourth-order valence-corrected chi connectivity index (χ4v) is 8.59. The van der Waals surface area contributed by atoms with E-state index in [0.29, 0.717) is 0 Å². The molecule has 58 heavy (non-hydrogen) atoms. The van der Waals surface area contributed by atoms with Gasteiger partial charge in [0.25, 0.3) is 0 Å². The van der Waals surface area contributed by atoms with E-state index in [0.717, 1.165) is 50.1 Å². The molecule has 10 aromatic carbocycles. The summed E-state index contributed by atoms with van der Waals surface area (Å²) in [6.07, 6.45) is 0. The van der Waals surface area contributed by atoms with Crippen LogP contribution in [0, 0.1) is 0 Å². The van der Waals surface area contributed by atoms with Crippen LogP contribution in [0.2, 0.25) is 0 Å². The monoisotopic (exact) mass is 739 g/mol. The number of hydrogen-bond acceptors (Lipinski definition) is 2. The summed E-state index contributed by atoms with van der Waals surface area (Å²) in [6.45, 7) is 0. The third kappa shape index (κ3) is 6.00. The second-order valence-electron chi connectivity index (χ2n) is 14.9. The molecule has 1 heterocycles. The lowest BCUT2D eigenvalue weighted by atomic mass is 9.97. The molecule has 0 N–H and O–H groups in total.